The van der Waals surface area contributed by atoms with Crippen LogP contribution in [0, 0.1) is 0 Å². The van der Waals surface area contributed by atoms with E-state index < -0.39 is 0 Å². The Labute approximate surface area is 314 Å². The number of hydrogen-bond donors (Lipinski definition) is 3. The summed E-state index contributed by atoms with van der Waals surface area (Å²) >= 11 is 0. The maximum atomic E-state index is 13.6. The van der Waals surface area contributed by atoms with E-state index in [9.17, 15) is 9.59 Å². The van der Waals surface area contributed by atoms with Crippen molar-refractivity contribution in [1.82, 2.24) is 40.0 Å². The predicted octanol–water partition coefficient (Wildman–Crippen LogP) is 10.2. The zero-order chi connectivity index (χ0) is 38.0. The highest BCUT2D eigenvalue weighted by atomic mass is 16.2. The molecule has 3 aromatic carbocycles. The van der Waals surface area contributed by atoms with Crippen molar-refractivity contribution < 1.29 is 9.59 Å². The molecule has 1 saturated heterocycles. The number of aromatic amines is 2. The van der Waals surface area contributed by atoms with Crippen LogP contribution in [0.5, 0.6) is 0 Å². The molecule has 10 heteroatoms. The van der Waals surface area contributed by atoms with Crippen molar-refractivity contribution in [3.8, 4) is 22.4 Å². The first-order valence-electron chi connectivity index (χ1n) is 19.6. The monoisotopic (exact) mass is 718 g/mol. The normalized spacial score (nSPS) is 15.4. The van der Waals surface area contributed by atoms with E-state index in [1.807, 2.05) is 48.6 Å². The molecule has 1 aliphatic heterocycles. The molecule has 1 fully saturated rings. The molecule has 2 unspecified atom stereocenters. The van der Waals surface area contributed by atoms with Crippen LogP contribution in [0.2, 0.25) is 0 Å². The molecule has 3 heterocycles. The van der Waals surface area contributed by atoms with Gasteiger partial charge in [0.1, 0.15) is 11.6 Å². The van der Waals surface area contributed by atoms with Crippen molar-refractivity contribution in [3.63, 3.8) is 0 Å². The summed E-state index contributed by atoms with van der Waals surface area (Å²) in [7, 11) is 0. The number of H-pyrrole nitrogens is 2. The molecule has 6 rings (SSSR count). The number of amides is 4. The molecule has 2 aromatic heterocycles. The van der Waals surface area contributed by atoms with Gasteiger partial charge in [0.15, 0.2) is 0 Å². The Bertz CT molecular complexity index is 2030. The molecule has 0 bridgehead atoms. The summed E-state index contributed by atoms with van der Waals surface area (Å²) in [5, 5.41) is 5.56. The van der Waals surface area contributed by atoms with Crippen molar-refractivity contribution in [2.75, 3.05) is 6.54 Å². The molecule has 2 atom stereocenters. The molecular weight excluding hydrogens is 661 g/mol. The number of aromatic nitrogens is 4. The molecule has 3 N–H and O–H groups in total. The maximum Gasteiger partial charge on any atom is 0.321 e. The van der Waals surface area contributed by atoms with Gasteiger partial charge in [-0.1, -0.05) is 50.1 Å². The highest BCUT2D eigenvalue weighted by Gasteiger charge is 2.36. The molecule has 0 saturated carbocycles. The molecule has 53 heavy (non-hydrogen) atoms. The van der Waals surface area contributed by atoms with Crippen LogP contribution in [0.25, 0.3) is 44.2 Å². The third kappa shape index (κ3) is 8.06. The second-order valence-corrected chi connectivity index (χ2v) is 15.8. The molecule has 0 radical (unpaired) electrons. The highest BCUT2D eigenvalue weighted by Crippen LogP contribution is 2.35. The number of nitrogens with zero attached hydrogens (tertiary/aromatic N) is 5. The number of urea groups is 2. The number of fused-ring (bicyclic) bond motifs is 2. The van der Waals surface area contributed by atoms with Gasteiger partial charge in [0.05, 0.1) is 35.0 Å². The van der Waals surface area contributed by atoms with Crippen LogP contribution in [0.15, 0.2) is 60.8 Å². The van der Waals surface area contributed by atoms with Gasteiger partial charge in [0, 0.05) is 36.3 Å². The van der Waals surface area contributed by atoms with Crippen LogP contribution in [-0.2, 0) is 0 Å². The largest absolute Gasteiger partial charge is 0.340 e. The van der Waals surface area contributed by atoms with Gasteiger partial charge in [0.2, 0.25) is 0 Å². The van der Waals surface area contributed by atoms with E-state index in [0.717, 1.165) is 94.5 Å². The van der Waals surface area contributed by atoms with Crippen molar-refractivity contribution in [2.24, 2.45) is 0 Å². The van der Waals surface area contributed by atoms with Gasteiger partial charge in [-0.15, -0.1) is 0 Å². The fourth-order valence-corrected chi connectivity index (χ4v) is 8.06. The van der Waals surface area contributed by atoms with E-state index in [-0.39, 0.29) is 48.3 Å². The Kier molecular flexibility index (Phi) is 11.5. The maximum absolute atomic E-state index is 13.6. The summed E-state index contributed by atoms with van der Waals surface area (Å²) in [6.45, 7) is 19.4. The zero-order valence-electron chi connectivity index (χ0n) is 33.0. The molecule has 0 spiro atoms. The van der Waals surface area contributed by atoms with Gasteiger partial charge in [-0.2, -0.15) is 0 Å². The smallest absolute Gasteiger partial charge is 0.321 e. The van der Waals surface area contributed by atoms with E-state index in [0.29, 0.717) is 0 Å². The first kappa shape index (κ1) is 37.9. The summed E-state index contributed by atoms with van der Waals surface area (Å²) in [4.78, 5) is 49.6. The van der Waals surface area contributed by atoms with Crippen LogP contribution < -0.4 is 5.32 Å². The lowest BCUT2D eigenvalue weighted by Gasteiger charge is -2.36. The first-order chi connectivity index (χ1) is 25.4. The third-order valence-corrected chi connectivity index (χ3v) is 10.5. The van der Waals surface area contributed by atoms with E-state index in [1.54, 1.807) is 0 Å². The summed E-state index contributed by atoms with van der Waals surface area (Å²) in [6.07, 6.45) is 6.62. The number of nitrogens with one attached hydrogen (secondary N) is 3. The molecule has 0 aliphatic carbocycles. The lowest BCUT2D eigenvalue weighted by molar-refractivity contribution is 0.119. The molecular formula is C43H58N8O2. The first-order valence-corrected chi connectivity index (χ1v) is 19.6. The van der Waals surface area contributed by atoms with Crippen molar-refractivity contribution >= 4 is 33.9 Å². The Hall–Kier alpha value is -4.86. The Morgan fingerprint density at radius 3 is 2.11 bits per heavy atom. The number of hydrogen-bond acceptors (Lipinski definition) is 4. The highest BCUT2D eigenvalue weighted by molar-refractivity contribution is 5.92. The summed E-state index contributed by atoms with van der Waals surface area (Å²) in [5.41, 5.74) is 6.07. The van der Waals surface area contributed by atoms with E-state index in [2.05, 4.69) is 105 Å². The van der Waals surface area contributed by atoms with Crippen molar-refractivity contribution in [1.29, 1.82) is 0 Å². The van der Waals surface area contributed by atoms with Crippen LogP contribution in [0.4, 0.5) is 9.59 Å². The van der Waals surface area contributed by atoms with Gasteiger partial charge in [-0.25, -0.2) is 19.6 Å². The van der Waals surface area contributed by atoms with Crippen LogP contribution >= 0.6 is 0 Å². The number of carbonyl (C=O) groups is 2. The van der Waals surface area contributed by atoms with Gasteiger partial charge in [-0.05, 0) is 121 Å². The third-order valence-electron chi connectivity index (χ3n) is 10.5. The quantitative estimate of drug-likeness (QED) is 0.119. The Balaban J connectivity index is 1.20. The molecule has 282 valence electrons. The van der Waals surface area contributed by atoms with E-state index >= 15 is 0 Å². The summed E-state index contributed by atoms with van der Waals surface area (Å²) in [6, 6.07) is 19.6. The molecule has 10 nitrogen and oxygen atoms in total. The minimum absolute atomic E-state index is 0.0522. The second-order valence-electron chi connectivity index (χ2n) is 15.8. The number of imidazole rings is 2. The Morgan fingerprint density at radius 2 is 1.45 bits per heavy atom. The fourth-order valence-electron chi connectivity index (χ4n) is 8.06. The topological polar surface area (TPSA) is 113 Å². The number of rotatable bonds is 12. The van der Waals surface area contributed by atoms with E-state index in [1.165, 1.54) is 0 Å². The number of benzene rings is 3. The van der Waals surface area contributed by atoms with Gasteiger partial charge >= 0.3 is 12.1 Å². The van der Waals surface area contributed by atoms with Gasteiger partial charge < -0.3 is 30.0 Å². The van der Waals surface area contributed by atoms with E-state index in [4.69, 9.17) is 9.97 Å². The second kappa shape index (κ2) is 16.0. The van der Waals surface area contributed by atoms with Crippen LogP contribution in [0.3, 0.4) is 0 Å². The number of likely N-dealkylation sites (tertiary alicyclic amines) is 1. The molecule has 4 amide bonds. The minimum Gasteiger partial charge on any atom is -0.340 e. The zero-order valence-corrected chi connectivity index (χ0v) is 33.0. The minimum atomic E-state index is -0.196. The van der Waals surface area contributed by atoms with Crippen LogP contribution in [-0.4, -0.2) is 77.4 Å². The predicted molar refractivity (Wildman–Crippen MR) is 216 cm³/mol. The SMILES string of the molecule is CCCCC(NC(=O)N(C(C)C)C(C)C)c1nc2ccc(-c3ccc4cc(-c5cnc(C6CCCN6C(=O)N(C(C)C)C(C)C)[nH]5)ccc4c3)cc2[nH]1. The number of carbonyl (C=O) groups excluding carboxylic acids is 2. The summed E-state index contributed by atoms with van der Waals surface area (Å²) in [5.74, 6) is 1.64. The standard InChI is InChI=1S/C43H58N8O2/c1-10-11-13-36(48-42(52)50(26(2)3)27(4)5)40-45-35-20-19-33(24-37(35)46-40)31-15-16-32-23-34(18-17-30(32)22-31)38-25-44-41(47-38)39-14-12-21-49(39)43(53)51(28(6)7)29(8)9/h15-20,22-29,36,39H,10-14,21H2,1-9H3,(H,44,47)(H,45,46)(H,48,52). The molecule has 5 aromatic rings. The van der Waals surface area contributed by atoms with Crippen molar-refractivity contribution in [3.05, 3.63) is 72.4 Å². The fraction of sp³-hybridized carbons (Fsp3) is 0.488. The average molecular weight is 719 g/mol. The van der Waals surface area contributed by atoms with Crippen LogP contribution in [0.1, 0.15) is 118 Å². The lowest BCUT2D eigenvalue weighted by Crippen LogP contribution is -2.49. The van der Waals surface area contributed by atoms with Gasteiger partial charge in [0.25, 0.3) is 0 Å². The van der Waals surface area contributed by atoms with Crippen molar-refractivity contribution in [2.45, 2.75) is 131 Å². The molecule has 1 aliphatic rings. The van der Waals surface area contributed by atoms with Gasteiger partial charge in [-0.3, -0.25) is 0 Å². The average Bonchev–Trinajstić information content (AvgIpc) is 3.88. The Morgan fingerprint density at radius 1 is 0.830 bits per heavy atom. The number of unbranched alkanes of at least 4 members (excludes halogenated alkanes) is 1. The summed E-state index contributed by atoms with van der Waals surface area (Å²) < 4.78 is 0. The lowest BCUT2D eigenvalue weighted by atomic mass is 9.99.